The molecule has 0 unspecified atom stereocenters. The number of hydrogen-bond donors (Lipinski definition) is 2. The Morgan fingerprint density at radius 1 is 1.14 bits per heavy atom. The van der Waals surface area contributed by atoms with Crippen LogP contribution in [0.25, 0.3) is 0 Å². The summed E-state index contributed by atoms with van der Waals surface area (Å²) in [6.07, 6.45) is 6.03. The van der Waals surface area contributed by atoms with E-state index >= 15 is 0 Å². The molecule has 0 saturated heterocycles. The summed E-state index contributed by atoms with van der Waals surface area (Å²) < 4.78 is 11.3. The fourth-order valence-electron chi connectivity index (χ4n) is 3.71. The maximum atomic E-state index is 13.1. The van der Waals surface area contributed by atoms with Gasteiger partial charge in [0.25, 0.3) is 11.8 Å². The maximum absolute atomic E-state index is 13.1. The van der Waals surface area contributed by atoms with Gasteiger partial charge in [0.15, 0.2) is 0 Å². The van der Waals surface area contributed by atoms with E-state index in [1.807, 2.05) is 36.4 Å². The standard InChI is InChI=1S/C27H25ClN2O4S/c1-33-24-11-10-18(13-19(24)16-34-21-9-5-8-20(28)14-21)26(32)30-27-23(25(29)31)15-22(35-27)12-17-6-3-2-4-7-17/h2-4,6-7,9-11,13-15H,5,8,12,16H2,1H3,(H2,29,31)(H,30,32). The summed E-state index contributed by atoms with van der Waals surface area (Å²) in [6, 6.07) is 16.7. The van der Waals surface area contributed by atoms with Crippen molar-refractivity contribution in [2.45, 2.75) is 25.9 Å². The van der Waals surface area contributed by atoms with Gasteiger partial charge in [0.1, 0.15) is 23.1 Å². The number of benzene rings is 2. The lowest BCUT2D eigenvalue weighted by Crippen LogP contribution is -2.16. The number of allylic oxidation sites excluding steroid dienone is 3. The minimum Gasteiger partial charge on any atom is -0.496 e. The van der Waals surface area contributed by atoms with E-state index in [4.69, 9.17) is 26.8 Å². The number of thiophene rings is 1. The summed E-state index contributed by atoms with van der Waals surface area (Å²) in [5.41, 5.74) is 8.09. The predicted molar refractivity (Wildman–Crippen MR) is 139 cm³/mol. The van der Waals surface area contributed by atoms with Gasteiger partial charge in [-0.15, -0.1) is 11.3 Å². The highest BCUT2D eigenvalue weighted by Gasteiger charge is 2.18. The molecule has 35 heavy (non-hydrogen) atoms. The van der Waals surface area contributed by atoms with E-state index in [1.165, 1.54) is 11.3 Å². The normalized spacial score (nSPS) is 13.0. The Balaban J connectivity index is 1.51. The molecule has 1 heterocycles. The number of nitrogens with one attached hydrogen (secondary N) is 1. The number of amides is 2. The Morgan fingerprint density at radius 2 is 1.94 bits per heavy atom. The predicted octanol–water partition coefficient (Wildman–Crippen LogP) is 6.02. The van der Waals surface area contributed by atoms with E-state index in [2.05, 4.69) is 5.32 Å². The molecule has 1 aromatic heterocycles. The maximum Gasteiger partial charge on any atom is 0.256 e. The molecule has 0 aliphatic heterocycles. The van der Waals surface area contributed by atoms with E-state index in [0.29, 0.717) is 39.6 Å². The minimum atomic E-state index is -0.591. The van der Waals surface area contributed by atoms with Crippen LogP contribution in [0.4, 0.5) is 5.00 Å². The molecule has 2 amide bonds. The molecule has 1 aliphatic rings. The van der Waals surface area contributed by atoms with Crippen LogP contribution in [0.5, 0.6) is 5.75 Å². The van der Waals surface area contributed by atoms with Crippen LogP contribution in [0.2, 0.25) is 0 Å². The third kappa shape index (κ3) is 6.32. The topological polar surface area (TPSA) is 90.6 Å². The quantitative estimate of drug-likeness (QED) is 0.370. The van der Waals surface area contributed by atoms with Gasteiger partial charge in [-0.1, -0.05) is 41.9 Å². The number of rotatable bonds is 9. The number of halogens is 1. The SMILES string of the molecule is COc1ccc(C(=O)Nc2sc(Cc3ccccc3)cc2C(N)=O)cc1COC1=CCCC(Cl)=C1. The van der Waals surface area contributed by atoms with Crippen molar-refractivity contribution >= 4 is 39.8 Å². The van der Waals surface area contributed by atoms with Crippen molar-refractivity contribution < 1.29 is 19.1 Å². The molecule has 0 radical (unpaired) electrons. The van der Waals surface area contributed by atoms with Gasteiger partial charge in [-0.3, -0.25) is 9.59 Å². The highest BCUT2D eigenvalue weighted by Crippen LogP contribution is 2.31. The summed E-state index contributed by atoms with van der Waals surface area (Å²) in [5, 5.41) is 4.02. The van der Waals surface area contributed by atoms with E-state index in [9.17, 15) is 9.59 Å². The first kappa shape index (κ1) is 24.6. The zero-order valence-corrected chi connectivity index (χ0v) is 20.7. The number of hydrogen-bond acceptors (Lipinski definition) is 5. The number of anilines is 1. The number of carbonyl (C=O) groups is 2. The van der Waals surface area contributed by atoms with Gasteiger partial charge >= 0.3 is 0 Å². The van der Waals surface area contributed by atoms with E-state index < -0.39 is 5.91 Å². The van der Waals surface area contributed by atoms with Crippen LogP contribution in [0.1, 0.15) is 49.6 Å². The second-order valence-corrected chi connectivity index (χ2v) is 9.61. The van der Waals surface area contributed by atoms with Crippen molar-refractivity contribution in [3.05, 3.63) is 105 Å². The van der Waals surface area contributed by atoms with Crippen LogP contribution in [-0.2, 0) is 17.8 Å². The summed E-state index contributed by atoms with van der Waals surface area (Å²) in [7, 11) is 1.56. The summed E-state index contributed by atoms with van der Waals surface area (Å²) >= 11 is 7.45. The van der Waals surface area contributed by atoms with Crippen LogP contribution in [0, 0.1) is 0 Å². The lowest BCUT2D eigenvalue weighted by molar-refractivity contribution is 0.100. The van der Waals surface area contributed by atoms with Gasteiger partial charge in [-0.25, -0.2) is 0 Å². The van der Waals surface area contributed by atoms with Gasteiger partial charge in [-0.2, -0.15) is 0 Å². The van der Waals surface area contributed by atoms with Gasteiger partial charge < -0.3 is 20.5 Å². The number of ether oxygens (including phenoxy) is 2. The first-order valence-corrected chi connectivity index (χ1v) is 12.3. The van der Waals surface area contributed by atoms with Crippen molar-refractivity contribution in [2.75, 3.05) is 12.4 Å². The minimum absolute atomic E-state index is 0.212. The molecule has 0 saturated carbocycles. The van der Waals surface area contributed by atoms with Crippen molar-refractivity contribution in [2.24, 2.45) is 5.73 Å². The summed E-state index contributed by atoms with van der Waals surface area (Å²) in [6.45, 7) is 0.212. The molecular weight excluding hydrogens is 484 g/mol. The molecule has 0 bridgehead atoms. The zero-order valence-electron chi connectivity index (χ0n) is 19.2. The molecule has 180 valence electrons. The fourth-order valence-corrected chi connectivity index (χ4v) is 5.02. The molecule has 3 N–H and O–H groups in total. The molecule has 8 heteroatoms. The highest BCUT2D eigenvalue weighted by atomic mass is 35.5. The van der Waals surface area contributed by atoms with Crippen LogP contribution in [0.15, 0.2) is 77.5 Å². The van der Waals surface area contributed by atoms with Gasteiger partial charge in [-0.05, 0) is 54.8 Å². The van der Waals surface area contributed by atoms with E-state index in [-0.39, 0.29) is 12.5 Å². The first-order valence-electron chi connectivity index (χ1n) is 11.1. The average molecular weight is 509 g/mol. The summed E-state index contributed by atoms with van der Waals surface area (Å²) in [4.78, 5) is 26.0. The van der Waals surface area contributed by atoms with Crippen molar-refractivity contribution in [1.82, 2.24) is 0 Å². The monoisotopic (exact) mass is 508 g/mol. The summed E-state index contributed by atoms with van der Waals surface area (Å²) in [5.74, 6) is 0.345. The molecule has 1 aliphatic carbocycles. The number of primary amides is 1. The highest BCUT2D eigenvalue weighted by molar-refractivity contribution is 7.16. The second kappa shape index (κ2) is 11.3. The molecule has 0 spiro atoms. The Hall–Kier alpha value is -3.55. The van der Waals surface area contributed by atoms with Crippen LogP contribution < -0.4 is 15.8 Å². The second-order valence-electron chi connectivity index (χ2n) is 7.99. The molecule has 3 aromatic rings. The van der Waals surface area contributed by atoms with Crippen molar-refractivity contribution in [1.29, 1.82) is 0 Å². The Kier molecular flexibility index (Phi) is 7.90. The van der Waals surface area contributed by atoms with Gasteiger partial charge in [0.05, 0.1) is 12.7 Å². The van der Waals surface area contributed by atoms with Crippen LogP contribution in [0.3, 0.4) is 0 Å². The molecule has 0 atom stereocenters. The average Bonchev–Trinajstić information content (AvgIpc) is 3.25. The lowest BCUT2D eigenvalue weighted by Gasteiger charge is -2.14. The lowest BCUT2D eigenvalue weighted by atomic mass is 10.1. The third-order valence-electron chi connectivity index (χ3n) is 5.46. The smallest absolute Gasteiger partial charge is 0.256 e. The van der Waals surface area contributed by atoms with Crippen molar-refractivity contribution in [3.63, 3.8) is 0 Å². The molecular formula is C27H25ClN2O4S. The van der Waals surface area contributed by atoms with E-state index in [0.717, 1.165) is 28.3 Å². The molecule has 0 fully saturated rings. The van der Waals surface area contributed by atoms with Crippen LogP contribution in [-0.4, -0.2) is 18.9 Å². The number of methoxy groups -OCH3 is 1. The van der Waals surface area contributed by atoms with E-state index in [1.54, 1.807) is 37.5 Å². The van der Waals surface area contributed by atoms with Gasteiger partial charge in [0, 0.05) is 27.5 Å². The fraction of sp³-hybridized carbons (Fsp3) is 0.185. The Morgan fingerprint density at radius 3 is 2.66 bits per heavy atom. The first-order chi connectivity index (χ1) is 16.9. The van der Waals surface area contributed by atoms with Crippen LogP contribution >= 0.6 is 22.9 Å². The molecule has 2 aromatic carbocycles. The Labute approximate surface area is 213 Å². The third-order valence-corrected chi connectivity index (χ3v) is 6.81. The largest absolute Gasteiger partial charge is 0.496 e. The molecule has 6 nitrogen and oxygen atoms in total. The van der Waals surface area contributed by atoms with Gasteiger partial charge in [0.2, 0.25) is 0 Å². The van der Waals surface area contributed by atoms with Crippen molar-refractivity contribution in [3.8, 4) is 5.75 Å². The number of carbonyl (C=O) groups excluding carboxylic acids is 2. The number of nitrogens with two attached hydrogens (primary N) is 1. The Bertz CT molecular complexity index is 1300. The molecule has 4 rings (SSSR count). The zero-order chi connectivity index (χ0) is 24.8.